The zero-order chi connectivity index (χ0) is 29.1. The average molecular weight is 544 g/mol. The van der Waals surface area contributed by atoms with E-state index in [1.54, 1.807) is 41.5 Å². The van der Waals surface area contributed by atoms with Crippen LogP contribution in [0, 0.1) is 0 Å². The molecule has 0 bridgehead atoms. The van der Waals surface area contributed by atoms with E-state index in [2.05, 4.69) is 16.0 Å². The minimum Gasteiger partial charge on any atom is -0.444 e. The summed E-state index contributed by atoms with van der Waals surface area (Å²) < 4.78 is 10.8. The van der Waals surface area contributed by atoms with Gasteiger partial charge in [0.1, 0.15) is 11.2 Å². The zero-order valence-corrected chi connectivity index (χ0v) is 23.9. The van der Waals surface area contributed by atoms with E-state index in [4.69, 9.17) is 9.47 Å². The zero-order valence-electron chi connectivity index (χ0n) is 23.9. The quantitative estimate of drug-likeness (QED) is 0.277. The Morgan fingerprint density at radius 3 is 1.31 bits per heavy atom. The van der Waals surface area contributed by atoms with Gasteiger partial charge in [-0.1, -0.05) is 60.7 Å². The predicted molar refractivity (Wildman–Crippen MR) is 151 cm³/mol. The average Bonchev–Trinajstić information content (AvgIpc) is 2.82. The van der Waals surface area contributed by atoms with Crippen LogP contribution in [0.4, 0.5) is 9.59 Å². The number of hydrogen-bond acceptors (Lipinski definition) is 7. The van der Waals surface area contributed by atoms with Crippen molar-refractivity contribution in [2.24, 2.45) is 0 Å². The van der Waals surface area contributed by atoms with Crippen LogP contribution in [0.25, 0.3) is 0 Å². The Morgan fingerprint density at radius 1 is 0.667 bits per heavy atom. The van der Waals surface area contributed by atoms with Gasteiger partial charge in [0, 0.05) is 13.1 Å². The fourth-order valence-electron chi connectivity index (χ4n) is 3.88. The first-order valence-corrected chi connectivity index (χ1v) is 13.4. The normalized spacial score (nSPS) is 15.0. The molecule has 2 aromatic rings. The van der Waals surface area contributed by atoms with Crippen LogP contribution in [0.1, 0.15) is 52.7 Å². The lowest BCUT2D eigenvalue weighted by atomic mass is 10.00. The second-order valence-corrected chi connectivity index (χ2v) is 11.7. The molecule has 2 amide bonds. The topological polar surface area (TPSA) is 129 Å². The van der Waals surface area contributed by atoms with Gasteiger partial charge in [-0.3, -0.25) is 0 Å². The van der Waals surface area contributed by atoms with Crippen molar-refractivity contribution >= 4 is 12.2 Å². The number of carbonyl (C=O) groups is 2. The van der Waals surface area contributed by atoms with Crippen LogP contribution in [0.5, 0.6) is 0 Å². The fourth-order valence-corrected chi connectivity index (χ4v) is 3.88. The summed E-state index contributed by atoms with van der Waals surface area (Å²) in [5.41, 5.74) is 0.539. The SMILES string of the molecule is CC(C)(C)OC(=O)N[C@@H](Cc1ccccc1)[C@H](O)CNC[C@H](O)[C@H](Cc1ccccc1)NC(=O)OC(C)(C)C. The molecule has 0 unspecified atom stereocenters. The Bertz CT molecular complexity index is 923. The Labute approximate surface area is 232 Å². The lowest BCUT2D eigenvalue weighted by molar-refractivity contribution is 0.0399. The summed E-state index contributed by atoms with van der Waals surface area (Å²) in [6.45, 7) is 10.8. The minimum absolute atomic E-state index is 0.0921. The predicted octanol–water partition coefficient (Wildman–Crippen LogP) is 3.57. The third kappa shape index (κ3) is 13.5. The Kier molecular flexibility index (Phi) is 12.2. The van der Waals surface area contributed by atoms with E-state index in [0.717, 1.165) is 11.1 Å². The number of rotatable bonds is 12. The first-order chi connectivity index (χ1) is 18.2. The van der Waals surface area contributed by atoms with E-state index < -0.39 is 47.7 Å². The molecule has 0 aromatic heterocycles. The summed E-state index contributed by atoms with van der Waals surface area (Å²) in [4.78, 5) is 24.9. The highest BCUT2D eigenvalue weighted by Gasteiger charge is 2.27. The third-order valence-electron chi connectivity index (χ3n) is 5.64. The highest BCUT2D eigenvalue weighted by molar-refractivity contribution is 5.68. The van der Waals surface area contributed by atoms with Crippen molar-refractivity contribution in [2.45, 2.75) is 89.9 Å². The number of nitrogens with one attached hydrogen (secondary N) is 3. The van der Waals surface area contributed by atoms with Gasteiger partial charge in [-0.25, -0.2) is 9.59 Å². The monoisotopic (exact) mass is 543 g/mol. The fraction of sp³-hybridized carbons (Fsp3) is 0.533. The van der Waals surface area contributed by atoms with Crippen molar-refractivity contribution in [1.82, 2.24) is 16.0 Å². The van der Waals surface area contributed by atoms with Crippen molar-refractivity contribution in [3.05, 3.63) is 71.8 Å². The van der Waals surface area contributed by atoms with Gasteiger partial charge >= 0.3 is 12.2 Å². The van der Waals surface area contributed by atoms with Crippen molar-refractivity contribution in [2.75, 3.05) is 13.1 Å². The molecule has 5 N–H and O–H groups in total. The summed E-state index contributed by atoms with van der Waals surface area (Å²) >= 11 is 0. The number of aliphatic hydroxyl groups excluding tert-OH is 2. The first-order valence-electron chi connectivity index (χ1n) is 13.4. The van der Waals surface area contributed by atoms with Crippen LogP contribution in [0.2, 0.25) is 0 Å². The molecule has 2 aromatic carbocycles. The number of carbonyl (C=O) groups excluding carboxylic acids is 2. The minimum atomic E-state index is -0.976. The van der Waals surface area contributed by atoms with E-state index in [1.165, 1.54) is 0 Å². The number of aliphatic hydroxyl groups is 2. The van der Waals surface area contributed by atoms with Crippen LogP contribution in [-0.4, -0.2) is 71.0 Å². The summed E-state index contributed by atoms with van der Waals surface area (Å²) in [5, 5.41) is 30.6. The second kappa shape index (κ2) is 14.9. The Morgan fingerprint density at radius 2 is 1.00 bits per heavy atom. The van der Waals surface area contributed by atoms with Gasteiger partial charge in [0.15, 0.2) is 0 Å². The summed E-state index contributed by atoms with van der Waals surface area (Å²) in [6, 6.07) is 17.8. The molecule has 0 saturated carbocycles. The molecule has 0 aliphatic rings. The summed E-state index contributed by atoms with van der Waals surface area (Å²) in [7, 11) is 0. The molecule has 0 saturated heterocycles. The van der Waals surface area contributed by atoms with Crippen molar-refractivity contribution in [3.63, 3.8) is 0 Å². The maximum atomic E-state index is 12.5. The maximum absolute atomic E-state index is 12.5. The standard InChI is InChI=1S/C30H45N3O6/c1-29(2,3)38-27(36)32-23(17-21-13-9-7-10-14-21)25(34)19-31-20-26(35)24(18-22-15-11-8-12-16-22)33-28(37)39-30(4,5)6/h7-16,23-26,31,34-35H,17-20H2,1-6H3,(H,32,36)(H,33,37)/t23-,24-,25-,26+/m0/s1. The van der Waals surface area contributed by atoms with Crippen molar-refractivity contribution in [1.29, 1.82) is 0 Å². The molecule has 9 nitrogen and oxygen atoms in total. The van der Waals surface area contributed by atoms with Gasteiger partial charge in [-0.05, 0) is 65.5 Å². The largest absolute Gasteiger partial charge is 0.444 e. The van der Waals surface area contributed by atoms with Gasteiger partial charge in [0.25, 0.3) is 0 Å². The molecule has 0 spiro atoms. The van der Waals surface area contributed by atoms with E-state index >= 15 is 0 Å². The van der Waals surface area contributed by atoms with Crippen molar-refractivity contribution in [3.8, 4) is 0 Å². The van der Waals surface area contributed by atoms with E-state index in [1.807, 2.05) is 60.7 Å². The molecule has 39 heavy (non-hydrogen) atoms. The lowest BCUT2D eigenvalue weighted by Gasteiger charge is -2.29. The molecule has 0 radical (unpaired) electrons. The summed E-state index contributed by atoms with van der Waals surface area (Å²) in [5.74, 6) is 0. The molecule has 0 fully saturated rings. The maximum Gasteiger partial charge on any atom is 0.407 e. The van der Waals surface area contributed by atoms with Crippen LogP contribution in [-0.2, 0) is 22.3 Å². The molecule has 9 heteroatoms. The van der Waals surface area contributed by atoms with Crippen molar-refractivity contribution < 1.29 is 29.3 Å². The molecular weight excluding hydrogens is 498 g/mol. The van der Waals surface area contributed by atoms with Gasteiger partial charge in [-0.15, -0.1) is 0 Å². The number of alkyl carbamates (subject to hydrolysis) is 2. The number of amides is 2. The second-order valence-electron chi connectivity index (χ2n) is 11.7. The lowest BCUT2D eigenvalue weighted by Crippen LogP contribution is -2.53. The van der Waals surface area contributed by atoms with Gasteiger partial charge in [0.05, 0.1) is 24.3 Å². The smallest absolute Gasteiger partial charge is 0.407 e. The van der Waals surface area contributed by atoms with Crippen LogP contribution < -0.4 is 16.0 Å². The number of benzene rings is 2. The van der Waals surface area contributed by atoms with E-state index in [9.17, 15) is 19.8 Å². The molecule has 2 rings (SSSR count). The Balaban J connectivity index is 2.03. The van der Waals surface area contributed by atoms with Gasteiger partial charge in [-0.2, -0.15) is 0 Å². The Hall–Kier alpha value is -3.14. The molecule has 216 valence electrons. The first kappa shape index (κ1) is 32.1. The third-order valence-corrected chi connectivity index (χ3v) is 5.64. The summed E-state index contributed by atoms with van der Waals surface area (Å²) in [6.07, 6.45) is -2.41. The van der Waals surface area contributed by atoms with E-state index in [0.29, 0.717) is 12.8 Å². The van der Waals surface area contributed by atoms with E-state index in [-0.39, 0.29) is 13.1 Å². The number of ether oxygens (including phenoxy) is 2. The van der Waals surface area contributed by atoms with Crippen LogP contribution in [0.3, 0.4) is 0 Å². The van der Waals surface area contributed by atoms with Crippen LogP contribution in [0.15, 0.2) is 60.7 Å². The van der Waals surface area contributed by atoms with Gasteiger partial charge in [0.2, 0.25) is 0 Å². The van der Waals surface area contributed by atoms with Gasteiger partial charge < -0.3 is 35.6 Å². The van der Waals surface area contributed by atoms with Crippen LogP contribution >= 0.6 is 0 Å². The molecule has 0 heterocycles. The number of hydrogen-bond donors (Lipinski definition) is 5. The highest BCUT2D eigenvalue weighted by atomic mass is 16.6. The molecule has 0 aliphatic heterocycles. The molecule has 4 atom stereocenters. The molecule has 0 aliphatic carbocycles. The highest BCUT2D eigenvalue weighted by Crippen LogP contribution is 2.12. The molecular formula is C30H45N3O6.